The van der Waals surface area contributed by atoms with Crippen LogP contribution in [-0.4, -0.2) is 41.1 Å². The Balaban J connectivity index is 1.48. The largest absolute Gasteiger partial charge is 0.375 e. The summed E-state index contributed by atoms with van der Waals surface area (Å²) in [5, 5.41) is 9.21. The number of nitrogens with zero attached hydrogens (tertiary/aromatic N) is 4. The van der Waals surface area contributed by atoms with Crippen molar-refractivity contribution in [2.75, 3.05) is 42.1 Å². The molecule has 0 unspecified atom stereocenters. The number of anilines is 4. The Kier molecular flexibility index (Phi) is 4.45. The van der Waals surface area contributed by atoms with Crippen molar-refractivity contribution in [2.24, 2.45) is 0 Å². The molecular weight excluding hydrogens is 334 g/mol. The molecule has 4 N–H and O–H groups in total. The molecule has 3 aromatic rings. The standard InChI is InChI=1S/C17H19N7S/c18-16-22-14(11-25-16)12-1-3-13(4-2-12)21-15-5-6-20-17(23-15)24-9-7-19-8-10-24/h1-6,11,19H,7-10H2,(H2,18,22)(H,20,21,23). The van der Waals surface area contributed by atoms with E-state index in [0.29, 0.717) is 5.13 Å². The second kappa shape index (κ2) is 7.04. The summed E-state index contributed by atoms with van der Waals surface area (Å²) in [6, 6.07) is 9.94. The van der Waals surface area contributed by atoms with Crippen molar-refractivity contribution in [3.05, 3.63) is 41.9 Å². The topological polar surface area (TPSA) is 92.0 Å². The number of aromatic nitrogens is 3. The number of rotatable bonds is 4. The summed E-state index contributed by atoms with van der Waals surface area (Å²) in [7, 11) is 0. The SMILES string of the molecule is Nc1nc(-c2ccc(Nc3ccnc(N4CCNCC4)n3)cc2)cs1. The van der Waals surface area contributed by atoms with Crippen LogP contribution in [0.1, 0.15) is 0 Å². The zero-order valence-electron chi connectivity index (χ0n) is 13.6. The van der Waals surface area contributed by atoms with E-state index in [1.54, 1.807) is 6.20 Å². The highest BCUT2D eigenvalue weighted by molar-refractivity contribution is 7.13. The first-order valence-corrected chi connectivity index (χ1v) is 9.03. The Morgan fingerprint density at radius 1 is 1.08 bits per heavy atom. The maximum atomic E-state index is 5.70. The van der Waals surface area contributed by atoms with Crippen LogP contribution in [-0.2, 0) is 0 Å². The monoisotopic (exact) mass is 353 g/mol. The van der Waals surface area contributed by atoms with Crippen molar-refractivity contribution in [1.29, 1.82) is 0 Å². The molecule has 25 heavy (non-hydrogen) atoms. The molecule has 0 radical (unpaired) electrons. The predicted octanol–water partition coefficient (Wildman–Crippen LogP) is 2.34. The van der Waals surface area contributed by atoms with E-state index in [1.807, 2.05) is 35.7 Å². The molecule has 4 rings (SSSR count). The van der Waals surface area contributed by atoms with Gasteiger partial charge in [0, 0.05) is 49.0 Å². The van der Waals surface area contributed by atoms with Gasteiger partial charge in [0.1, 0.15) is 5.82 Å². The van der Waals surface area contributed by atoms with Gasteiger partial charge in [0.05, 0.1) is 5.69 Å². The van der Waals surface area contributed by atoms with E-state index >= 15 is 0 Å². The molecule has 1 aliphatic rings. The van der Waals surface area contributed by atoms with Crippen LogP contribution < -0.4 is 21.3 Å². The lowest BCUT2D eigenvalue weighted by Gasteiger charge is -2.27. The molecule has 7 nitrogen and oxygen atoms in total. The highest BCUT2D eigenvalue weighted by Crippen LogP contribution is 2.25. The summed E-state index contributed by atoms with van der Waals surface area (Å²) < 4.78 is 0. The van der Waals surface area contributed by atoms with Crippen molar-refractivity contribution < 1.29 is 0 Å². The zero-order valence-corrected chi connectivity index (χ0v) is 14.5. The van der Waals surface area contributed by atoms with Gasteiger partial charge in [-0.3, -0.25) is 0 Å². The molecule has 1 aliphatic heterocycles. The molecule has 1 fully saturated rings. The normalized spacial score (nSPS) is 14.5. The average molecular weight is 353 g/mol. The summed E-state index contributed by atoms with van der Waals surface area (Å²) in [4.78, 5) is 15.5. The minimum atomic E-state index is 0.582. The predicted molar refractivity (Wildman–Crippen MR) is 102 cm³/mol. The van der Waals surface area contributed by atoms with Crippen LogP contribution in [0.15, 0.2) is 41.9 Å². The van der Waals surface area contributed by atoms with Gasteiger partial charge in [-0.15, -0.1) is 11.3 Å². The first-order valence-electron chi connectivity index (χ1n) is 8.15. The number of hydrogen-bond donors (Lipinski definition) is 3. The maximum absolute atomic E-state index is 5.70. The third-order valence-corrected chi connectivity index (χ3v) is 4.69. The Labute approximate surface area is 149 Å². The molecule has 1 aromatic carbocycles. The van der Waals surface area contributed by atoms with Crippen LogP contribution in [0.5, 0.6) is 0 Å². The van der Waals surface area contributed by atoms with Crippen LogP contribution in [0.3, 0.4) is 0 Å². The Hall–Kier alpha value is -2.71. The lowest BCUT2D eigenvalue weighted by Crippen LogP contribution is -2.44. The van der Waals surface area contributed by atoms with Gasteiger partial charge < -0.3 is 21.3 Å². The van der Waals surface area contributed by atoms with E-state index in [-0.39, 0.29) is 0 Å². The van der Waals surface area contributed by atoms with E-state index in [4.69, 9.17) is 5.73 Å². The van der Waals surface area contributed by atoms with E-state index in [2.05, 4.69) is 30.5 Å². The summed E-state index contributed by atoms with van der Waals surface area (Å²) in [5.41, 5.74) is 8.61. The fourth-order valence-corrected chi connectivity index (χ4v) is 3.30. The molecule has 0 bridgehead atoms. The van der Waals surface area contributed by atoms with Crippen LogP contribution in [0.2, 0.25) is 0 Å². The van der Waals surface area contributed by atoms with Crippen molar-refractivity contribution in [3.63, 3.8) is 0 Å². The molecule has 128 valence electrons. The third kappa shape index (κ3) is 3.70. The molecule has 0 amide bonds. The Bertz CT molecular complexity index is 840. The summed E-state index contributed by atoms with van der Waals surface area (Å²) >= 11 is 1.45. The quantitative estimate of drug-likeness (QED) is 0.663. The zero-order chi connectivity index (χ0) is 17.1. The highest BCUT2D eigenvalue weighted by atomic mass is 32.1. The number of nitrogens with two attached hydrogens (primary N) is 1. The first kappa shape index (κ1) is 15.8. The van der Waals surface area contributed by atoms with Crippen molar-refractivity contribution in [1.82, 2.24) is 20.3 Å². The summed E-state index contributed by atoms with van der Waals surface area (Å²) in [5.74, 6) is 1.55. The second-order valence-electron chi connectivity index (χ2n) is 5.75. The van der Waals surface area contributed by atoms with Gasteiger partial charge in [-0.1, -0.05) is 12.1 Å². The third-order valence-electron chi connectivity index (χ3n) is 4.02. The molecule has 0 saturated carbocycles. The molecule has 0 atom stereocenters. The van der Waals surface area contributed by atoms with Gasteiger partial charge in [-0.05, 0) is 18.2 Å². The summed E-state index contributed by atoms with van der Waals surface area (Å²) in [6.07, 6.45) is 1.79. The number of piperazine rings is 1. The van der Waals surface area contributed by atoms with Gasteiger partial charge >= 0.3 is 0 Å². The molecule has 3 heterocycles. The van der Waals surface area contributed by atoms with Gasteiger partial charge in [-0.2, -0.15) is 4.98 Å². The lowest BCUT2D eigenvalue weighted by molar-refractivity contribution is 0.580. The van der Waals surface area contributed by atoms with Gasteiger partial charge in [-0.25, -0.2) is 9.97 Å². The fraction of sp³-hybridized carbons (Fsp3) is 0.235. The van der Waals surface area contributed by atoms with Crippen LogP contribution >= 0.6 is 11.3 Å². The minimum absolute atomic E-state index is 0.582. The van der Waals surface area contributed by atoms with E-state index < -0.39 is 0 Å². The van der Waals surface area contributed by atoms with E-state index in [1.165, 1.54) is 11.3 Å². The minimum Gasteiger partial charge on any atom is -0.375 e. The molecule has 1 saturated heterocycles. The maximum Gasteiger partial charge on any atom is 0.227 e. The van der Waals surface area contributed by atoms with Crippen LogP contribution in [0, 0.1) is 0 Å². The number of benzene rings is 1. The molecule has 2 aromatic heterocycles. The van der Waals surface area contributed by atoms with Crippen molar-refractivity contribution in [3.8, 4) is 11.3 Å². The lowest BCUT2D eigenvalue weighted by atomic mass is 10.1. The Morgan fingerprint density at radius 2 is 1.88 bits per heavy atom. The van der Waals surface area contributed by atoms with Crippen LogP contribution in [0.25, 0.3) is 11.3 Å². The van der Waals surface area contributed by atoms with Gasteiger partial charge in [0.2, 0.25) is 5.95 Å². The number of nitrogens with one attached hydrogen (secondary N) is 2. The molecule has 0 aliphatic carbocycles. The molecular formula is C17H19N7S. The van der Waals surface area contributed by atoms with Crippen molar-refractivity contribution in [2.45, 2.75) is 0 Å². The average Bonchev–Trinajstić information content (AvgIpc) is 3.10. The summed E-state index contributed by atoms with van der Waals surface area (Å²) in [6.45, 7) is 3.77. The second-order valence-corrected chi connectivity index (χ2v) is 6.64. The molecule has 8 heteroatoms. The molecule has 0 spiro atoms. The van der Waals surface area contributed by atoms with E-state index in [0.717, 1.165) is 54.9 Å². The smallest absolute Gasteiger partial charge is 0.227 e. The van der Waals surface area contributed by atoms with Gasteiger partial charge in [0.25, 0.3) is 0 Å². The van der Waals surface area contributed by atoms with Gasteiger partial charge in [0.15, 0.2) is 5.13 Å². The highest BCUT2D eigenvalue weighted by Gasteiger charge is 2.13. The Morgan fingerprint density at radius 3 is 2.60 bits per heavy atom. The van der Waals surface area contributed by atoms with E-state index in [9.17, 15) is 0 Å². The first-order chi connectivity index (χ1) is 12.3. The number of thiazole rings is 1. The number of hydrogen-bond acceptors (Lipinski definition) is 8. The van der Waals surface area contributed by atoms with Crippen LogP contribution in [0.4, 0.5) is 22.6 Å². The number of nitrogen functional groups attached to an aromatic ring is 1. The fourth-order valence-electron chi connectivity index (χ4n) is 2.73. The van der Waals surface area contributed by atoms with Crippen molar-refractivity contribution >= 4 is 33.9 Å².